The van der Waals surface area contributed by atoms with Crippen LogP contribution in [0, 0.1) is 18.7 Å². The summed E-state index contributed by atoms with van der Waals surface area (Å²) in [4.78, 5) is 3.11. The van der Waals surface area contributed by atoms with Crippen molar-refractivity contribution in [1.29, 1.82) is 0 Å². The van der Waals surface area contributed by atoms with Crippen molar-refractivity contribution in [2.24, 2.45) is 0 Å². The van der Waals surface area contributed by atoms with Gasteiger partial charge in [-0.25, -0.2) is 4.39 Å². The number of nitrogens with zero attached hydrogens (tertiary/aromatic N) is 1. The van der Waals surface area contributed by atoms with Gasteiger partial charge in [-0.15, -0.1) is 0 Å². The Morgan fingerprint density at radius 2 is 2.10 bits per heavy atom. The quantitative estimate of drug-likeness (QED) is 0.556. The molecule has 0 bridgehead atoms. The van der Waals surface area contributed by atoms with Crippen LogP contribution in [-0.4, -0.2) is 4.98 Å². The second-order valence-electron chi connectivity index (χ2n) is 1.96. The van der Waals surface area contributed by atoms with Gasteiger partial charge in [0.05, 0.1) is 0 Å². The molecule has 1 heterocycles. The fraction of sp³-hybridized carbons (Fsp3) is 0.167. The summed E-state index contributed by atoms with van der Waals surface area (Å²) in [5.41, 5.74) is 5.12. The van der Waals surface area contributed by atoms with Gasteiger partial charge in [0.1, 0.15) is 0 Å². The van der Waals surface area contributed by atoms with Crippen molar-refractivity contribution >= 4 is 5.82 Å². The van der Waals surface area contributed by atoms with Gasteiger partial charge in [0.2, 0.25) is 5.95 Å². The highest BCUT2D eigenvalue weighted by Crippen LogP contribution is 2.10. The smallest absolute Gasteiger partial charge is 0.217 e. The number of pyridine rings is 1. The predicted molar refractivity (Wildman–Crippen MR) is 33.3 cm³/mol. The minimum Gasteiger partial charge on any atom is -0.381 e. The van der Waals surface area contributed by atoms with Gasteiger partial charge in [-0.2, -0.15) is 9.37 Å². The normalized spacial score (nSPS) is 9.90. The van der Waals surface area contributed by atoms with Crippen molar-refractivity contribution in [1.82, 2.24) is 4.98 Å². The van der Waals surface area contributed by atoms with Crippen molar-refractivity contribution in [2.45, 2.75) is 6.92 Å². The summed E-state index contributed by atoms with van der Waals surface area (Å²) in [5.74, 6) is -1.80. The molecular weight excluding hydrogens is 138 g/mol. The summed E-state index contributed by atoms with van der Waals surface area (Å²) in [6, 6.07) is 1.01. The van der Waals surface area contributed by atoms with E-state index in [2.05, 4.69) is 4.98 Å². The number of aryl methyl sites for hydroxylation is 1. The summed E-state index contributed by atoms with van der Waals surface area (Å²) >= 11 is 0. The molecule has 0 spiro atoms. The lowest BCUT2D eigenvalue weighted by Crippen LogP contribution is -1.99. The van der Waals surface area contributed by atoms with E-state index in [1.165, 1.54) is 6.92 Å². The van der Waals surface area contributed by atoms with Crippen LogP contribution in [0.2, 0.25) is 0 Å². The molecule has 2 nitrogen and oxygen atoms in total. The maximum absolute atomic E-state index is 12.4. The third-order valence-corrected chi connectivity index (χ3v) is 1.13. The zero-order valence-electron chi connectivity index (χ0n) is 5.36. The summed E-state index contributed by atoms with van der Waals surface area (Å²) in [6.45, 7) is 1.42. The van der Waals surface area contributed by atoms with Crippen molar-refractivity contribution < 1.29 is 8.78 Å². The number of hydrogen-bond acceptors (Lipinski definition) is 2. The number of hydrogen-bond donors (Lipinski definition) is 1. The summed E-state index contributed by atoms with van der Waals surface area (Å²) < 4.78 is 24.8. The van der Waals surface area contributed by atoms with Crippen LogP contribution in [0.4, 0.5) is 14.6 Å². The highest BCUT2D eigenvalue weighted by Gasteiger charge is 2.04. The van der Waals surface area contributed by atoms with Crippen LogP contribution in [-0.2, 0) is 0 Å². The highest BCUT2D eigenvalue weighted by atomic mass is 19.1. The van der Waals surface area contributed by atoms with E-state index in [9.17, 15) is 8.78 Å². The molecule has 1 rings (SSSR count). The lowest BCUT2D eigenvalue weighted by atomic mass is 10.3. The average Bonchev–Trinajstić information content (AvgIpc) is 1.84. The Balaban J connectivity index is 3.28. The van der Waals surface area contributed by atoms with Crippen LogP contribution >= 0.6 is 0 Å². The minimum absolute atomic E-state index is 0.159. The van der Waals surface area contributed by atoms with Gasteiger partial charge < -0.3 is 5.73 Å². The molecule has 10 heavy (non-hydrogen) atoms. The topological polar surface area (TPSA) is 38.9 Å². The van der Waals surface area contributed by atoms with Gasteiger partial charge in [0.15, 0.2) is 11.6 Å². The molecule has 0 aromatic carbocycles. The van der Waals surface area contributed by atoms with Crippen LogP contribution in [0.3, 0.4) is 0 Å². The van der Waals surface area contributed by atoms with Gasteiger partial charge in [0.25, 0.3) is 0 Å². The van der Waals surface area contributed by atoms with Crippen molar-refractivity contribution in [2.75, 3.05) is 5.73 Å². The molecule has 1 aromatic heterocycles. The van der Waals surface area contributed by atoms with Crippen LogP contribution in [0.15, 0.2) is 6.07 Å². The maximum atomic E-state index is 12.4. The van der Waals surface area contributed by atoms with Gasteiger partial charge >= 0.3 is 0 Å². The Morgan fingerprint density at radius 3 is 2.60 bits per heavy atom. The Hall–Kier alpha value is -1.19. The Kier molecular flexibility index (Phi) is 1.53. The highest BCUT2D eigenvalue weighted by molar-refractivity contribution is 5.31. The van der Waals surface area contributed by atoms with Gasteiger partial charge in [0, 0.05) is 5.56 Å². The Bertz CT molecular complexity index is 210. The molecule has 0 amide bonds. The first-order chi connectivity index (χ1) is 4.61. The van der Waals surface area contributed by atoms with E-state index in [0.717, 1.165) is 6.07 Å². The SMILES string of the molecule is Cc1cc(F)c(N)nc1F. The van der Waals surface area contributed by atoms with Crippen LogP contribution in [0.1, 0.15) is 5.56 Å². The van der Waals surface area contributed by atoms with E-state index >= 15 is 0 Å². The monoisotopic (exact) mass is 144 g/mol. The summed E-state index contributed by atoms with van der Waals surface area (Å²) in [5, 5.41) is 0. The minimum atomic E-state index is -0.723. The molecular formula is C6H6F2N2. The predicted octanol–water partition coefficient (Wildman–Crippen LogP) is 1.25. The third kappa shape index (κ3) is 1.05. The molecule has 0 aliphatic rings. The molecule has 0 fully saturated rings. The summed E-state index contributed by atoms with van der Waals surface area (Å²) in [7, 11) is 0. The lowest BCUT2D eigenvalue weighted by Gasteiger charge is -1.97. The first-order valence-corrected chi connectivity index (χ1v) is 2.69. The van der Waals surface area contributed by atoms with E-state index in [0.29, 0.717) is 0 Å². The van der Waals surface area contributed by atoms with E-state index < -0.39 is 17.6 Å². The van der Waals surface area contributed by atoms with E-state index in [1.54, 1.807) is 0 Å². The molecule has 0 aliphatic heterocycles. The Labute approximate surface area is 56.7 Å². The molecule has 0 atom stereocenters. The molecule has 0 saturated heterocycles. The number of aromatic nitrogens is 1. The van der Waals surface area contributed by atoms with Crippen LogP contribution in [0.5, 0.6) is 0 Å². The second-order valence-corrected chi connectivity index (χ2v) is 1.96. The standard InChI is InChI=1S/C6H6F2N2/c1-3-2-4(7)6(9)10-5(3)8/h2H,1H3,(H2,9,10). The van der Waals surface area contributed by atoms with E-state index in [4.69, 9.17) is 5.73 Å². The molecule has 1 aromatic rings. The number of anilines is 1. The first-order valence-electron chi connectivity index (χ1n) is 2.69. The van der Waals surface area contributed by atoms with E-state index in [-0.39, 0.29) is 5.56 Å². The fourth-order valence-electron chi connectivity index (χ4n) is 0.571. The van der Waals surface area contributed by atoms with Crippen molar-refractivity contribution in [3.8, 4) is 0 Å². The number of rotatable bonds is 0. The average molecular weight is 144 g/mol. The second kappa shape index (κ2) is 2.21. The number of nitrogens with two attached hydrogens (primary N) is 1. The molecule has 0 aliphatic carbocycles. The molecule has 2 N–H and O–H groups in total. The Morgan fingerprint density at radius 1 is 1.50 bits per heavy atom. The molecule has 0 saturated carbocycles. The molecule has 0 unspecified atom stereocenters. The molecule has 0 radical (unpaired) electrons. The molecule has 4 heteroatoms. The lowest BCUT2D eigenvalue weighted by molar-refractivity contribution is 0.556. The van der Waals surface area contributed by atoms with Gasteiger partial charge in [-0.1, -0.05) is 0 Å². The summed E-state index contributed by atoms with van der Waals surface area (Å²) in [6.07, 6.45) is 0. The fourth-order valence-corrected chi connectivity index (χ4v) is 0.571. The van der Waals surface area contributed by atoms with E-state index in [1.807, 2.05) is 0 Å². The zero-order chi connectivity index (χ0) is 7.72. The van der Waals surface area contributed by atoms with Crippen LogP contribution in [0.25, 0.3) is 0 Å². The van der Waals surface area contributed by atoms with Crippen molar-refractivity contribution in [3.05, 3.63) is 23.4 Å². The largest absolute Gasteiger partial charge is 0.381 e. The zero-order valence-corrected chi connectivity index (χ0v) is 5.36. The first kappa shape index (κ1) is 6.92. The maximum Gasteiger partial charge on any atom is 0.217 e. The number of nitrogen functional groups attached to an aromatic ring is 1. The number of halogens is 2. The third-order valence-electron chi connectivity index (χ3n) is 1.13. The van der Waals surface area contributed by atoms with Crippen molar-refractivity contribution in [3.63, 3.8) is 0 Å². The van der Waals surface area contributed by atoms with Gasteiger partial charge in [-0.05, 0) is 13.0 Å². The molecule has 54 valence electrons. The van der Waals surface area contributed by atoms with Gasteiger partial charge in [-0.3, -0.25) is 0 Å². The van der Waals surface area contributed by atoms with Crippen LogP contribution < -0.4 is 5.73 Å².